The summed E-state index contributed by atoms with van der Waals surface area (Å²) in [5.41, 5.74) is 1.48. The van der Waals surface area contributed by atoms with E-state index in [1.807, 2.05) is 19.1 Å². The first-order chi connectivity index (χ1) is 10.2. The molecule has 0 bridgehead atoms. The molecule has 3 rings (SSSR count). The fourth-order valence-electron chi connectivity index (χ4n) is 1.96. The highest BCUT2D eigenvalue weighted by Gasteiger charge is 2.22. The topological polar surface area (TPSA) is 68.0 Å². The van der Waals surface area contributed by atoms with Gasteiger partial charge >= 0.3 is 0 Å². The average Bonchev–Trinajstić information content (AvgIpc) is 3.24. The van der Waals surface area contributed by atoms with Gasteiger partial charge in [0.25, 0.3) is 5.91 Å². The van der Waals surface area contributed by atoms with Crippen LogP contribution >= 0.6 is 11.8 Å². The zero-order chi connectivity index (χ0) is 14.7. The maximum absolute atomic E-state index is 12.2. The highest BCUT2D eigenvalue weighted by Crippen LogP contribution is 2.28. The SMILES string of the molecule is Cc1cc(CSc2ncccc2C(=O)NCC2CC2)no1. The summed E-state index contributed by atoms with van der Waals surface area (Å²) in [5, 5.41) is 7.65. The van der Waals surface area contributed by atoms with Crippen LogP contribution < -0.4 is 5.32 Å². The molecule has 2 aromatic rings. The number of carbonyl (C=O) groups is 1. The molecule has 1 saturated carbocycles. The zero-order valence-electron chi connectivity index (χ0n) is 11.8. The Hall–Kier alpha value is -1.82. The lowest BCUT2D eigenvalue weighted by Gasteiger charge is -2.08. The minimum absolute atomic E-state index is 0.0474. The average molecular weight is 303 g/mol. The van der Waals surface area contributed by atoms with Gasteiger partial charge in [0.2, 0.25) is 0 Å². The number of rotatable bonds is 6. The Bertz CT molecular complexity index is 637. The van der Waals surface area contributed by atoms with Crippen molar-refractivity contribution in [1.29, 1.82) is 0 Å². The molecule has 0 saturated heterocycles. The first-order valence-electron chi connectivity index (χ1n) is 7.00. The molecule has 2 aromatic heterocycles. The normalized spacial score (nSPS) is 14.1. The Morgan fingerprint density at radius 3 is 3.10 bits per heavy atom. The third-order valence-corrected chi connectivity index (χ3v) is 4.34. The van der Waals surface area contributed by atoms with Gasteiger partial charge in [0.15, 0.2) is 0 Å². The smallest absolute Gasteiger partial charge is 0.254 e. The van der Waals surface area contributed by atoms with Crippen LogP contribution in [0.1, 0.15) is 34.7 Å². The number of amides is 1. The molecular weight excluding hydrogens is 286 g/mol. The number of hydrogen-bond donors (Lipinski definition) is 1. The van der Waals surface area contributed by atoms with Crippen LogP contribution in [0.3, 0.4) is 0 Å². The number of aromatic nitrogens is 2. The molecule has 0 aromatic carbocycles. The van der Waals surface area contributed by atoms with E-state index in [1.54, 1.807) is 12.3 Å². The molecule has 6 heteroatoms. The third kappa shape index (κ3) is 3.85. The third-order valence-electron chi connectivity index (χ3n) is 3.30. The van der Waals surface area contributed by atoms with Crippen LogP contribution in [0.2, 0.25) is 0 Å². The van der Waals surface area contributed by atoms with Crippen molar-refractivity contribution in [2.45, 2.75) is 30.5 Å². The highest BCUT2D eigenvalue weighted by molar-refractivity contribution is 7.98. The fraction of sp³-hybridized carbons (Fsp3) is 0.400. The van der Waals surface area contributed by atoms with Crippen molar-refractivity contribution in [2.75, 3.05) is 6.54 Å². The lowest BCUT2D eigenvalue weighted by molar-refractivity contribution is 0.0948. The van der Waals surface area contributed by atoms with Crippen molar-refractivity contribution in [2.24, 2.45) is 5.92 Å². The molecule has 1 N–H and O–H groups in total. The zero-order valence-corrected chi connectivity index (χ0v) is 12.7. The minimum atomic E-state index is -0.0474. The molecule has 0 radical (unpaired) electrons. The Balaban J connectivity index is 1.64. The Kier molecular flexibility index (Phi) is 4.24. The molecule has 0 unspecified atom stereocenters. The largest absolute Gasteiger partial charge is 0.361 e. The van der Waals surface area contributed by atoms with Gasteiger partial charge in [-0.15, -0.1) is 0 Å². The Morgan fingerprint density at radius 2 is 2.38 bits per heavy atom. The summed E-state index contributed by atoms with van der Waals surface area (Å²) in [4.78, 5) is 16.5. The molecule has 1 amide bonds. The second-order valence-electron chi connectivity index (χ2n) is 5.23. The standard InChI is InChI=1S/C15H17N3O2S/c1-10-7-12(18-20-10)9-21-15-13(3-2-6-16-15)14(19)17-8-11-4-5-11/h2-3,6-7,11H,4-5,8-9H2,1H3,(H,17,19). The summed E-state index contributed by atoms with van der Waals surface area (Å²) >= 11 is 1.50. The summed E-state index contributed by atoms with van der Waals surface area (Å²) in [7, 11) is 0. The first kappa shape index (κ1) is 14.1. The van der Waals surface area contributed by atoms with Gasteiger partial charge in [0.1, 0.15) is 10.8 Å². The molecule has 0 aliphatic heterocycles. The maximum Gasteiger partial charge on any atom is 0.254 e. The van der Waals surface area contributed by atoms with Gasteiger partial charge in [0, 0.05) is 24.6 Å². The van der Waals surface area contributed by atoms with Gasteiger partial charge in [-0.2, -0.15) is 0 Å². The monoisotopic (exact) mass is 303 g/mol. The molecule has 110 valence electrons. The quantitative estimate of drug-likeness (QED) is 0.831. The Morgan fingerprint density at radius 1 is 1.52 bits per heavy atom. The predicted molar refractivity (Wildman–Crippen MR) is 80.1 cm³/mol. The van der Waals surface area contributed by atoms with Crippen LogP contribution in [0.15, 0.2) is 33.9 Å². The van der Waals surface area contributed by atoms with E-state index in [2.05, 4.69) is 15.5 Å². The number of nitrogens with one attached hydrogen (secondary N) is 1. The second-order valence-corrected chi connectivity index (χ2v) is 6.19. The van der Waals surface area contributed by atoms with Crippen LogP contribution in [-0.2, 0) is 5.75 Å². The molecule has 1 aliphatic carbocycles. The van der Waals surface area contributed by atoms with Crippen molar-refractivity contribution in [3.8, 4) is 0 Å². The van der Waals surface area contributed by atoms with E-state index in [-0.39, 0.29) is 5.91 Å². The molecule has 0 atom stereocenters. The highest BCUT2D eigenvalue weighted by atomic mass is 32.2. The van der Waals surface area contributed by atoms with E-state index in [0.717, 1.165) is 23.0 Å². The lowest BCUT2D eigenvalue weighted by atomic mass is 10.2. The van der Waals surface area contributed by atoms with Crippen LogP contribution in [0.5, 0.6) is 0 Å². The van der Waals surface area contributed by atoms with Gasteiger partial charge in [-0.25, -0.2) is 4.98 Å². The van der Waals surface area contributed by atoms with Crippen LogP contribution in [0.25, 0.3) is 0 Å². The van der Waals surface area contributed by atoms with Gasteiger partial charge in [-0.3, -0.25) is 4.79 Å². The van der Waals surface area contributed by atoms with Crippen molar-refractivity contribution in [3.05, 3.63) is 41.4 Å². The predicted octanol–water partition coefficient (Wildman–Crippen LogP) is 2.81. The van der Waals surface area contributed by atoms with Crippen LogP contribution in [-0.4, -0.2) is 22.6 Å². The molecular formula is C15H17N3O2S. The van der Waals surface area contributed by atoms with Gasteiger partial charge < -0.3 is 9.84 Å². The van der Waals surface area contributed by atoms with Crippen molar-refractivity contribution in [1.82, 2.24) is 15.5 Å². The van der Waals surface area contributed by atoms with Crippen LogP contribution in [0, 0.1) is 12.8 Å². The van der Waals surface area contributed by atoms with E-state index < -0.39 is 0 Å². The van der Waals surface area contributed by atoms with Gasteiger partial charge in [-0.05, 0) is 37.8 Å². The summed E-state index contributed by atoms with van der Waals surface area (Å²) in [6.45, 7) is 2.62. The number of pyridine rings is 1. The summed E-state index contributed by atoms with van der Waals surface area (Å²) in [6, 6.07) is 5.49. The summed E-state index contributed by atoms with van der Waals surface area (Å²) in [5.74, 6) is 2.04. The number of thioether (sulfide) groups is 1. The van der Waals surface area contributed by atoms with Crippen LogP contribution in [0.4, 0.5) is 0 Å². The Labute approximate surface area is 127 Å². The van der Waals surface area contributed by atoms with Gasteiger partial charge in [0.05, 0.1) is 11.3 Å². The first-order valence-corrected chi connectivity index (χ1v) is 7.99. The lowest BCUT2D eigenvalue weighted by Crippen LogP contribution is -2.26. The molecule has 1 fully saturated rings. The molecule has 1 aliphatic rings. The number of aryl methyl sites for hydroxylation is 1. The number of carbonyl (C=O) groups excluding carboxylic acids is 1. The van der Waals surface area contributed by atoms with E-state index in [1.165, 1.54) is 24.6 Å². The second kappa shape index (κ2) is 6.30. The fourth-order valence-corrected chi connectivity index (χ4v) is 2.83. The minimum Gasteiger partial charge on any atom is -0.361 e. The summed E-state index contributed by atoms with van der Waals surface area (Å²) in [6.07, 6.45) is 4.15. The van der Waals surface area contributed by atoms with E-state index >= 15 is 0 Å². The molecule has 2 heterocycles. The number of hydrogen-bond acceptors (Lipinski definition) is 5. The van der Waals surface area contributed by atoms with E-state index in [0.29, 0.717) is 17.2 Å². The molecule has 5 nitrogen and oxygen atoms in total. The summed E-state index contributed by atoms with van der Waals surface area (Å²) < 4.78 is 5.04. The van der Waals surface area contributed by atoms with Crippen molar-refractivity contribution >= 4 is 17.7 Å². The van der Waals surface area contributed by atoms with E-state index in [9.17, 15) is 4.79 Å². The molecule has 0 spiro atoms. The maximum atomic E-state index is 12.2. The van der Waals surface area contributed by atoms with Gasteiger partial charge in [-0.1, -0.05) is 16.9 Å². The van der Waals surface area contributed by atoms with E-state index in [4.69, 9.17) is 4.52 Å². The number of nitrogens with zero attached hydrogens (tertiary/aromatic N) is 2. The molecule has 21 heavy (non-hydrogen) atoms. The van der Waals surface area contributed by atoms with Crippen molar-refractivity contribution < 1.29 is 9.32 Å². The van der Waals surface area contributed by atoms with Crippen molar-refractivity contribution in [3.63, 3.8) is 0 Å².